The lowest BCUT2D eigenvalue weighted by molar-refractivity contribution is -0.117. The lowest BCUT2D eigenvalue weighted by atomic mass is 10.0. The number of amides is 1. The highest BCUT2D eigenvalue weighted by molar-refractivity contribution is 9.08. The van der Waals surface area contributed by atoms with Crippen LogP contribution in [0.1, 0.15) is 39.8 Å². The molecule has 1 aromatic carbocycles. The van der Waals surface area contributed by atoms with Crippen molar-refractivity contribution in [3.05, 3.63) is 71.7 Å². The Morgan fingerprint density at radius 3 is 2.39 bits per heavy atom. The quantitative estimate of drug-likeness (QED) is 0.214. The lowest BCUT2D eigenvalue weighted by Crippen LogP contribution is -2.33. The Balaban J connectivity index is 2.59. The molecule has 1 heterocycles. The summed E-state index contributed by atoms with van der Waals surface area (Å²) in [6, 6.07) is 2.91. The molecule has 0 aliphatic carbocycles. The summed E-state index contributed by atoms with van der Waals surface area (Å²) in [5, 5.41) is 7.09. The van der Waals surface area contributed by atoms with Crippen molar-refractivity contribution in [2.75, 3.05) is 7.05 Å². The highest BCUT2D eigenvalue weighted by Gasteiger charge is 2.18. The second kappa shape index (κ2) is 11.7. The van der Waals surface area contributed by atoms with Gasteiger partial charge in [0.15, 0.2) is 5.75 Å². The maximum atomic E-state index is 12.3. The van der Waals surface area contributed by atoms with E-state index in [0.717, 1.165) is 10.3 Å². The van der Waals surface area contributed by atoms with Crippen molar-refractivity contribution in [1.82, 2.24) is 20.1 Å². The van der Waals surface area contributed by atoms with Crippen LogP contribution in [0.5, 0.6) is 5.75 Å². The molecule has 0 atom stereocenters. The zero-order valence-corrected chi connectivity index (χ0v) is 22.0. The lowest BCUT2D eigenvalue weighted by Gasteiger charge is -2.17. The van der Waals surface area contributed by atoms with Gasteiger partial charge in [-0.15, -0.1) is 0 Å². The minimum Gasteiger partial charge on any atom is -0.454 e. The maximum absolute atomic E-state index is 12.3. The van der Waals surface area contributed by atoms with E-state index in [-0.39, 0.29) is 44.3 Å². The van der Waals surface area contributed by atoms with E-state index < -0.39 is 11.2 Å². The van der Waals surface area contributed by atoms with E-state index in [1.807, 2.05) is 27.7 Å². The van der Waals surface area contributed by atoms with Crippen molar-refractivity contribution in [1.29, 1.82) is 0 Å². The molecule has 2 aromatic rings. The molecule has 178 valence electrons. The number of likely N-dealkylation sites (N-methyl/N-ethyl adjacent to an activating group) is 1. The summed E-state index contributed by atoms with van der Waals surface area (Å²) >= 11 is 16.1. The van der Waals surface area contributed by atoms with Crippen LogP contribution in [0.4, 0.5) is 0 Å². The standard InChI is InChI=1S/C22H25BrCl2N4O4/c1-6-12(4)18(9-14(11(2)3)20(30)26-5)33-19-15(24)7-13(8-16(19)25)29-22(32)27-21(31)17(10-23)28-29/h7-9,11H,6,10H2,1-5H3,(H,26,30)(H,27,31,32)/b14-9-,18-12-. The Morgan fingerprint density at radius 2 is 1.91 bits per heavy atom. The first-order chi connectivity index (χ1) is 15.5. The van der Waals surface area contributed by atoms with Crippen LogP contribution in [0, 0.1) is 5.92 Å². The predicted octanol–water partition coefficient (Wildman–Crippen LogP) is 4.51. The fourth-order valence-electron chi connectivity index (χ4n) is 2.77. The fourth-order valence-corrected chi connectivity index (χ4v) is 3.69. The average Bonchev–Trinajstić information content (AvgIpc) is 2.76. The number of hydrogen-bond acceptors (Lipinski definition) is 5. The van der Waals surface area contributed by atoms with Crippen LogP contribution in [-0.4, -0.2) is 27.7 Å². The van der Waals surface area contributed by atoms with Gasteiger partial charge in [0.1, 0.15) is 11.5 Å². The first kappa shape index (κ1) is 26.9. The van der Waals surface area contributed by atoms with E-state index in [1.54, 1.807) is 13.1 Å². The molecule has 1 amide bonds. The number of aromatic nitrogens is 3. The number of rotatable bonds is 8. The SMILES string of the molecule is CC/C(C)=C(/C=C(\C(=O)NC)C(C)C)Oc1c(Cl)cc(-n2nc(CBr)c(=O)[nH]c2=O)cc1Cl. The molecule has 8 nitrogen and oxygen atoms in total. The number of carbonyl (C=O) groups excluding carboxylic acids is 1. The molecule has 0 unspecified atom stereocenters. The molecule has 33 heavy (non-hydrogen) atoms. The average molecular weight is 560 g/mol. The van der Waals surface area contributed by atoms with E-state index in [0.29, 0.717) is 17.8 Å². The summed E-state index contributed by atoms with van der Waals surface area (Å²) in [5.41, 5.74) is 0.472. The first-order valence-corrected chi connectivity index (χ1v) is 12.0. The largest absolute Gasteiger partial charge is 0.454 e. The highest BCUT2D eigenvalue weighted by Crippen LogP contribution is 2.37. The molecule has 0 aliphatic rings. The van der Waals surface area contributed by atoms with Gasteiger partial charge in [-0.2, -0.15) is 9.78 Å². The van der Waals surface area contributed by atoms with E-state index >= 15 is 0 Å². The molecular weight excluding hydrogens is 535 g/mol. The summed E-state index contributed by atoms with van der Waals surface area (Å²) in [5.74, 6) is 0.346. The van der Waals surface area contributed by atoms with Gasteiger partial charge in [0.25, 0.3) is 5.56 Å². The maximum Gasteiger partial charge on any atom is 0.349 e. The Morgan fingerprint density at radius 1 is 1.30 bits per heavy atom. The van der Waals surface area contributed by atoms with E-state index in [1.165, 1.54) is 12.1 Å². The van der Waals surface area contributed by atoms with Gasteiger partial charge >= 0.3 is 5.69 Å². The van der Waals surface area contributed by atoms with Crippen molar-refractivity contribution in [3.8, 4) is 11.4 Å². The minimum atomic E-state index is -0.733. The smallest absolute Gasteiger partial charge is 0.349 e. The number of alkyl halides is 1. The van der Waals surface area contributed by atoms with Crippen molar-refractivity contribution < 1.29 is 9.53 Å². The van der Waals surface area contributed by atoms with E-state index in [4.69, 9.17) is 27.9 Å². The monoisotopic (exact) mass is 558 g/mol. The molecule has 11 heteroatoms. The van der Waals surface area contributed by atoms with Crippen molar-refractivity contribution in [2.24, 2.45) is 5.92 Å². The number of carbonyl (C=O) groups is 1. The molecule has 0 saturated heterocycles. The summed E-state index contributed by atoms with van der Waals surface area (Å²) in [7, 11) is 1.57. The number of halogens is 3. The van der Waals surface area contributed by atoms with Gasteiger partial charge in [0.05, 0.1) is 21.1 Å². The molecule has 2 rings (SSSR count). The second-order valence-electron chi connectivity index (χ2n) is 7.42. The van der Waals surface area contributed by atoms with Gasteiger partial charge < -0.3 is 10.1 Å². The van der Waals surface area contributed by atoms with Crippen LogP contribution >= 0.6 is 39.1 Å². The van der Waals surface area contributed by atoms with Crippen LogP contribution in [0.15, 0.2) is 44.7 Å². The summed E-state index contributed by atoms with van der Waals surface area (Å²) < 4.78 is 7.07. The van der Waals surface area contributed by atoms with Crippen molar-refractivity contribution in [3.63, 3.8) is 0 Å². The third kappa shape index (κ3) is 6.37. The number of hydrogen-bond donors (Lipinski definition) is 2. The normalized spacial score (nSPS) is 12.6. The number of allylic oxidation sites excluding steroid dienone is 2. The Kier molecular flexibility index (Phi) is 9.51. The third-order valence-electron chi connectivity index (χ3n) is 4.81. The van der Waals surface area contributed by atoms with Gasteiger partial charge in [-0.25, -0.2) is 4.79 Å². The fraction of sp³-hybridized carbons (Fsp3) is 0.364. The Labute approximate surface area is 209 Å². The van der Waals surface area contributed by atoms with Gasteiger partial charge in [0.2, 0.25) is 5.91 Å². The second-order valence-corrected chi connectivity index (χ2v) is 8.80. The van der Waals surface area contributed by atoms with Crippen LogP contribution in [0.25, 0.3) is 5.69 Å². The van der Waals surface area contributed by atoms with Crippen LogP contribution in [0.2, 0.25) is 10.0 Å². The molecule has 0 saturated carbocycles. The number of aromatic amines is 1. The molecule has 1 aromatic heterocycles. The number of ether oxygens (including phenoxy) is 1. The van der Waals surface area contributed by atoms with Crippen molar-refractivity contribution >= 4 is 45.0 Å². The van der Waals surface area contributed by atoms with Gasteiger partial charge in [-0.3, -0.25) is 14.6 Å². The van der Waals surface area contributed by atoms with Gasteiger partial charge in [-0.1, -0.05) is 59.9 Å². The number of nitrogens with one attached hydrogen (secondary N) is 2. The summed E-state index contributed by atoms with van der Waals surface area (Å²) in [4.78, 5) is 38.6. The number of nitrogens with zero attached hydrogens (tertiary/aromatic N) is 2. The number of benzene rings is 1. The molecule has 0 aliphatic heterocycles. The van der Waals surface area contributed by atoms with Gasteiger partial charge in [0, 0.05) is 12.6 Å². The minimum absolute atomic E-state index is 0.0525. The number of H-pyrrole nitrogens is 1. The Hall–Kier alpha value is -2.36. The Bertz CT molecular complexity index is 1210. The topological polar surface area (TPSA) is 106 Å². The molecule has 2 N–H and O–H groups in total. The third-order valence-corrected chi connectivity index (χ3v) is 5.90. The van der Waals surface area contributed by atoms with Crippen LogP contribution < -0.4 is 21.3 Å². The zero-order valence-electron chi connectivity index (χ0n) is 18.9. The highest BCUT2D eigenvalue weighted by atomic mass is 79.9. The van der Waals surface area contributed by atoms with Gasteiger partial charge in [-0.05, 0) is 43.0 Å². The predicted molar refractivity (Wildman–Crippen MR) is 134 cm³/mol. The molecule has 0 spiro atoms. The summed E-state index contributed by atoms with van der Waals surface area (Å²) in [6.45, 7) is 7.66. The van der Waals surface area contributed by atoms with Crippen LogP contribution in [0.3, 0.4) is 0 Å². The molecule has 0 radical (unpaired) electrons. The van der Waals surface area contributed by atoms with E-state index in [2.05, 4.69) is 31.3 Å². The summed E-state index contributed by atoms with van der Waals surface area (Å²) in [6.07, 6.45) is 2.35. The van der Waals surface area contributed by atoms with Crippen molar-refractivity contribution in [2.45, 2.75) is 39.4 Å². The first-order valence-electron chi connectivity index (χ1n) is 10.1. The van der Waals surface area contributed by atoms with Crippen LogP contribution in [-0.2, 0) is 10.1 Å². The molecular formula is C22H25BrCl2N4O4. The molecule has 0 fully saturated rings. The zero-order chi connectivity index (χ0) is 24.9. The molecule has 0 bridgehead atoms. The van der Waals surface area contributed by atoms with E-state index in [9.17, 15) is 14.4 Å².